The number of aliphatic hydroxyl groups is 1. The molecule has 0 radical (unpaired) electrons. The smallest absolute Gasteiger partial charge is 0.383 e. The number of rotatable bonds is 3. The fourth-order valence-electron chi connectivity index (χ4n) is 2.77. The van der Waals surface area contributed by atoms with Gasteiger partial charge in [-0.3, -0.25) is 9.59 Å². The predicted octanol–water partition coefficient (Wildman–Crippen LogP) is 2.42. The molecule has 1 saturated heterocycles. The molecule has 1 unspecified atom stereocenters. The average Bonchev–Trinajstić information content (AvgIpc) is 2.53. The summed E-state index contributed by atoms with van der Waals surface area (Å²) in [5, 5.41) is 11.9. The number of aliphatic hydroxyl groups excluding tert-OH is 1. The number of piperidine rings is 1. The number of benzene rings is 1. The number of amides is 2. The van der Waals surface area contributed by atoms with Gasteiger partial charge in [0.2, 0.25) is 5.91 Å². The Morgan fingerprint density at radius 1 is 1.21 bits per heavy atom. The van der Waals surface area contributed by atoms with Crippen molar-refractivity contribution in [2.24, 2.45) is 5.92 Å². The lowest BCUT2D eigenvalue weighted by molar-refractivity contribution is -0.222. The van der Waals surface area contributed by atoms with Crippen molar-refractivity contribution in [2.45, 2.75) is 32.0 Å². The van der Waals surface area contributed by atoms with Crippen molar-refractivity contribution in [3.05, 3.63) is 29.8 Å². The van der Waals surface area contributed by atoms with Crippen molar-refractivity contribution in [2.75, 3.05) is 18.4 Å². The maximum Gasteiger partial charge on any atom is 0.414 e. The Morgan fingerprint density at radius 2 is 1.75 bits per heavy atom. The molecular weight excluding hydrogens is 325 g/mol. The lowest BCUT2D eigenvalue weighted by atomic mass is 9.90. The maximum absolute atomic E-state index is 12.5. The highest BCUT2D eigenvalue weighted by atomic mass is 19.4. The SMILES string of the molecule is CC(=O)Nc1ccc(C(=O)N2CCC(C(O)C(F)(F)F)CC2)cc1. The fourth-order valence-corrected chi connectivity index (χ4v) is 2.77. The molecule has 1 aromatic rings. The number of carbonyl (C=O) groups is 2. The second-order valence-electron chi connectivity index (χ2n) is 5.87. The highest BCUT2D eigenvalue weighted by Crippen LogP contribution is 2.31. The first kappa shape index (κ1) is 18.3. The van der Waals surface area contributed by atoms with Gasteiger partial charge in [-0.2, -0.15) is 13.2 Å². The second-order valence-corrected chi connectivity index (χ2v) is 5.87. The summed E-state index contributed by atoms with van der Waals surface area (Å²) in [7, 11) is 0. The van der Waals surface area contributed by atoms with Crippen LogP contribution in [0.1, 0.15) is 30.1 Å². The van der Waals surface area contributed by atoms with Crippen LogP contribution in [0.15, 0.2) is 24.3 Å². The molecule has 0 spiro atoms. The van der Waals surface area contributed by atoms with Gasteiger partial charge in [0.1, 0.15) is 0 Å². The van der Waals surface area contributed by atoms with Crippen LogP contribution in [-0.2, 0) is 4.79 Å². The molecule has 0 aliphatic carbocycles. The van der Waals surface area contributed by atoms with E-state index in [1.807, 2.05) is 0 Å². The molecule has 8 heteroatoms. The van der Waals surface area contributed by atoms with E-state index in [9.17, 15) is 27.9 Å². The van der Waals surface area contributed by atoms with E-state index in [1.165, 1.54) is 11.8 Å². The molecule has 2 amide bonds. The number of nitrogens with zero attached hydrogens (tertiary/aromatic N) is 1. The minimum Gasteiger partial charge on any atom is -0.383 e. The van der Waals surface area contributed by atoms with Crippen LogP contribution in [-0.4, -0.2) is 47.2 Å². The molecule has 1 heterocycles. The first-order chi connectivity index (χ1) is 11.2. The van der Waals surface area contributed by atoms with E-state index in [-0.39, 0.29) is 37.7 Å². The Morgan fingerprint density at radius 3 is 2.21 bits per heavy atom. The normalized spacial score (nSPS) is 17.5. The molecule has 1 aliphatic heterocycles. The van der Waals surface area contributed by atoms with Gasteiger partial charge in [0.15, 0.2) is 6.10 Å². The molecule has 2 rings (SSSR count). The van der Waals surface area contributed by atoms with E-state index in [2.05, 4.69) is 5.32 Å². The second kappa shape index (κ2) is 7.21. The first-order valence-electron chi connectivity index (χ1n) is 7.60. The number of hydrogen-bond acceptors (Lipinski definition) is 3. The van der Waals surface area contributed by atoms with Crippen LogP contribution in [0.2, 0.25) is 0 Å². The van der Waals surface area contributed by atoms with Gasteiger partial charge >= 0.3 is 6.18 Å². The molecule has 0 aromatic heterocycles. The molecule has 1 aliphatic rings. The molecule has 5 nitrogen and oxygen atoms in total. The van der Waals surface area contributed by atoms with E-state index >= 15 is 0 Å². The molecular formula is C16H19F3N2O3. The Hall–Kier alpha value is -2.09. The van der Waals surface area contributed by atoms with E-state index < -0.39 is 18.2 Å². The Balaban J connectivity index is 1.94. The van der Waals surface area contributed by atoms with Crippen molar-refractivity contribution in [3.63, 3.8) is 0 Å². The third-order valence-electron chi connectivity index (χ3n) is 4.06. The average molecular weight is 344 g/mol. The zero-order valence-corrected chi connectivity index (χ0v) is 13.1. The lowest BCUT2D eigenvalue weighted by Crippen LogP contribution is -2.45. The summed E-state index contributed by atoms with van der Waals surface area (Å²) in [5.41, 5.74) is 0.963. The predicted molar refractivity (Wildman–Crippen MR) is 81.4 cm³/mol. The molecule has 1 aromatic carbocycles. The van der Waals surface area contributed by atoms with Crippen LogP contribution in [0.4, 0.5) is 18.9 Å². The Labute approximate surface area is 137 Å². The maximum atomic E-state index is 12.5. The van der Waals surface area contributed by atoms with Crippen molar-refractivity contribution in [1.29, 1.82) is 0 Å². The first-order valence-corrected chi connectivity index (χ1v) is 7.60. The molecule has 1 fully saturated rings. The Bertz CT molecular complexity index is 594. The Kier molecular flexibility index (Phi) is 5.48. The van der Waals surface area contributed by atoms with Gasteiger partial charge in [0.05, 0.1) is 0 Å². The van der Waals surface area contributed by atoms with Crippen LogP contribution in [0, 0.1) is 5.92 Å². The highest BCUT2D eigenvalue weighted by molar-refractivity contribution is 5.95. The number of halogens is 3. The number of hydrogen-bond donors (Lipinski definition) is 2. The van der Waals surface area contributed by atoms with Crippen molar-refractivity contribution < 1.29 is 27.9 Å². The summed E-state index contributed by atoms with van der Waals surface area (Å²) in [6.07, 6.45) is -6.75. The topological polar surface area (TPSA) is 69.6 Å². The van der Waals surface area contributed by atoms with Crippen LogP contribution < -0.4 is 5.32 Å². The minimum absolute atomic E-state index is 0.108. The van der Waals surface area contributed by atoms with Crippen molar-refractivity contribution >= 4 is 17.5 Å². The third kappa shape index (κ3) is 4.47. The van der Waals surface area contributed by atoms with Crippen molar-refractivity contribution in [3.8, 4) is 0 Å². The molecule has 0 bridgehead atoms. The van der Waals surface area contributed by atoms with Crippen LogP contribution >= 0.6 is 0 Å². The van der Waals surface area contributed by atoms with Crippen LogP contribution in [0.3, 0.4) is 0 Å². The largest absolute Gasteiger partial charge is 0.414 e. The quantitative estimate of drug-likeness (QED) is 0.885. The van der Waals surface area contributed by atoms with Gasteiger partial charge in [-0.15, -0.1) is 0 Å². The lowest BCUT2D eigenvalue weighted by Gasteiger charge is -2.34. The number of likely N-dealkylation sites (tertiary alicyclic amines) is 1. The number of carbonyl (C=O) groups excluding carboxylic acids is 2. The summed E-state index contributed by atoms with van der Waals surface area (Å²) < 4.78 is 37.6. The van der Waals surface area contributed by atoms with Gasteiger partial charge in [0, 0.05) is 31.3 Å². The van der Waals surface area contributed by atoms with Gasteiger partial charge in [-0.1, -0.05) is 0 Å². The highest BCUT2D eigenvalue weighted by Gasteiger charge is 2.44. The summed E-state index contributed by atoms with van der Waals surface area (Å²) in [6.45, 7) is 1.72. The monoisotopic (exact) mass is 344 g/mol. The third-order valence-corrected chi connectivity index (χ3v) is 4.06. The summed E-state index contributed by atoms with van der Waals surface area (Å²) in [5.74, 6) is -1.38. The molecule has 24 heavy (non-hydrogen) atoms. The van der Waals surface area contributed by atoms with Gasteiger partial charge < -0.3 is 15.3 Å². The standard InChI is InChI=1S/C16H19F3N2O3/c1-10(22)20-13-4-2-12(3-5-13)15(24)21-8-6-11(7-9-21)14(23)16(17,18)19/h2-5,11,14,23H,6-9H2,1H3,(H,20,22). The van der Waals surface area contributed by atoms with E-state index in [0.717, 1.165) is 0 Å². The number of alkyl halides is 3. The van der Waals surface area contributed by atoms with Crippen LogP contribution in [0.5, 0.6) is 0 Å². The summed E-state index contributed by atoms with van der Waals surface area (Å²) in [4.78, 5) is 24.8. The minimum atomic E-state index is -4.63. The molecule has 0 saturated carbocycles. The zero-order chi connectivity index (χ0) is 17.9. The van der Waals surface area contributed by atoms with Gasteiger partial charge in [0.25, 0.3) is 5.91 Å². The van der Waals surface area contributed by atoms with Crippen LogP contribution in [0.25, 0.3) is 0 Å². The number of nitrogens with one attached hydrogen (secondary N) is 1. The number of anilines is 1. The van der Waals surface area contributed by atoms with E-state index in [4.69, 9.17) is 0 Å². The van der Waals surface area contributed by atoms with Gasteiger partial charge in [-0.25, -0.2) is 0 Å². The van der Waals surface area contributed by atoms with E-state index in [1.54, 1.807) is 24.3 Å². The van der Waals surface area contributed by atoms with Crippen molar-refractivity contribution in [1.82, 2.24) is 4.90 Å². The fraction of sp³-hybridized carbons (Fsp3) is 0.500. The molecule has 2 N–H and O–H groups in total. The summed E-state index contributed by atoms with van der Waals surface area (Å²) >= 11 is 0. The van der Waals surface area contributed by atoms with E-state index in [0.29, 0.717) is 11.3 Å². The summed E-state index contributed by atoms with van der Waals surface area (Å²) in [6, 6.07) is 6.30. The molecule has 132 valence electrons. The van der Waals surface area contributed by atoms with Gasteiger partial charge in [-0.05, 0) is 43.0 Å². The zero-order valence-electron chi connectivity index (χ0n) is 13.1. The molecule has 1 atom stereocenters.